The van der Waals surface area contributed by atoms with Crippen LogP contribution in [-0.2, 0) is 39.9 Å². The van der Waals surface area contributed by atoms with Crippen LogP contribution in [0.25, 0.3) is 0 Å². The highest BCUT2D eigenvalue weighted by Gasteiger charge is 2.35. The van der Waals surface area contributed by atoms with Gasteiger partial charge in [0.15, 0.2) is 5.78 Å². The highest BCUT2D eigenvalue weighted by molar-refractivity contribution is 7.99. The van der Waals surface area contributed by atoms with Gasteiger partial charge in [-0.3, -0.25) is 29.0 Å². The molecular formula is C38H59N3O7S. The molecule has 7 atom stereocenters. The van der Waals surface area contributed by atoms with E-state index in [0.29, 0.717) is 57.2 Å². The van der Waals surface area contributed by atoms with Crippen LogP contribution < -0.4 is 0 Å². The molecular weight excluding hydrogens is 642 g/mol. The third kappa shape index (κ3) is 12.8. The predicted octanol–water partition coefficient (Wildman–Crippen LogP) is 5.55. The molecule has 2 unspecified atom stereocenters. The molecule has 3 rings (SSSR count). The van der Waals surface area contributed by atoms with Gasteiger partial charge >= 0.3 is 5.97 Å². The maximum Gasteiger partial charge on any atom is 0.311 e. The lowest BCUT2D eigenvalue weighted by Gasteiger charge is -2.34. The number of piperidine rings is 1. The smallest absolute Gasteiger partial charge is 0.311 e. The molecule has 2 bridgehead atoms. The fourth-order valence-corrected chi connectivity index (χ4v) is 7.95. The zero-order valence-electron chi connectivity index (χ0n) is 30.6. The SMILES string of the molecule is CCC(C)C1C(=O)CC[C@@H](C)[C@@H](CCc2cccnc2)OC(=O)[C@@H]2CCCN(C2)C(=O)C(=O)CCSCC[C@@H](OC)C[C@@H](C)CC(=O)N1C. The van der Waals surface area contributed by atoms with Crippen LogP contribution in [0.5, 0.6) is 0 Å². The number of ketones is 2. The van der Waals surface area contributed by atoms with Crippen LogP contribution in [0.3, 0.4) is 0 Å². The van der Waals surface area contributed by atoms with Crippen LogP contribution in [0.15, 0.2) is 24.5 Å². The van der Waals surface area contributed by atoms with E-state index in [9.17, 15) is 24.0 Å². The van der Waals surface area contributed by atoms with Crippen molar-refractivity contribution >= 4 is 41.1 Å². The first-order chi connectivity index (χ1) is 23.4. The van der Waals surface area contributed by atoms with Crippen LogP contribution in [0, 0.1) is 23.7 Å². The van der Waals surface area contributed by atoms with Gasteiger partial charge in [-0.25, -0.2) is 0 Å². The van der Waals surface area contributed by atoms with Gasteiger partial charge in [0, 0.05) is 64.7 Å². The fourth-order valence-electron chi connectivity index (χ4n) is 6.98. The van der Waals surface area contributed by atoms with E-state index in [1.54, 1.807) is 43.2 Å². The fraction of sp³-hybridized carbons (Fsp3) is 0.737. The Morgan fingerprint density at radius 3 is 2.55 bits per heavy atom. The Labute approximate surface area is 297 Å². The van der Waals surface area contributed by atoms with Crippen molar-refractivity contribution < 1.29 is 33.4 Å². The van der Waals surface area contributed by atoms with E-state index in [2.05, 4.69) is 4.98 Å². The maximum atomic E-state index is 13.9. The summed E-state index contributed by atoms with van der Waals surface area (Å²) in [6.45, 7) is 8.73. The number of aromatic nitrogens is 1. The molecule has 2 amide bonds. The van der Waals surface area contributed by atoms with Crippen LogP contribution in [0.1, 0.15) is 97.5 Å². The Balaban J connectivity index is 1.83. The summed E-state index contributed by atoms with van der Waals surface area (Å²) < 4.78 is 11.9. The molecule has 0 N–H and O–H groups in total. The summed E-state index contributed by atoms with van der Waals surface area (Å²) >= 11 is 1.61. The van der Waals surface area contributed by atoms with Gasteiger partial charge in [-0.15, -0.1) is 0 Å². The molecule has 49 heavy (non-hydrogen) atoms. The summed E-state index contributed by atoms with van der Waals surface area (Å²) in [7, 11) is 3.43. The summed E-state index contributed by atoms with van der Waals surface area (Å²) in [5.74, 6) is -0.634. The molecule has 0 saturated carbocycles. The molecule has 11 heteroatoms. The number of carbonyl (C=O) groups excluding carboxylic acids is 5. The predicted molar refractivity (Wildman–Crippen MR) is 192 cm³/mol. The van der Waals surface area contributed by atoms with Gasteiger partial charge in [-0.2, -0.15) is 11.8 Å². The van der Waals surface area contributed by atoms with Gasteiger partial charge in [0.05, 0.1) is 18.1 Å². The second-order valence-electron chi connectivity index (χ2n) is 14.3. The van der Waals surface area contributed by atoms with Gasteiger partial charge < -0.3 is 19.3 Å². The Morgan fingerprint density at radius 1 is 1.08 bits per heavy atom. The molecule has 0 aromatic carbocycles. The molecule has 10 nitrogen and oxygen atoms in total. The number of ether oxygens (including phenoxy) is 2. The van der Waals surface area contributed by atoms with E-state index < -0.39 is 29.8 Å². The van der Waals surface area contributed by atoms with E-state index in [4.69, 9.17) is 9.47 Å². The Kier molecular flexibility index (Phi) is 17.2. The largest absolute Gasteiger partial charge is 0.462 e. The number of Topliss-reactive ketones (excluding diaryl/α,β-unsaturated/α-hetero) is 2. The molecule has 3 heterocycles. The monoisotopic (exact) mass is 701 g/mol. The molecule has 2 saturated heterocycles. The molecule has 2 aliphatic rings. The van der Waals surface area contributed by atoms with Crippen LogP contribution >= 0.6 is 11.8 Å². The first-order valence-electron chi connectivity index (χ1n) is 18.2. The van der Waals surface area contributed by atoms with Crippen molar-refractivity contribution in [2.75, 3.05) is 38.8 Å². The topological polar surface area (TPSA) is 123 Å². The first kappa shape index (κ1) is 40.6. The van der Waals surface area contributed by atoms with Crippen LogP contribution in [-0.4, -0.2) is 101 Å². The second kappa shape index (κ2) is 20.8. The van der Waals surface area contributed by atoms with Crippen molar-refractivity contribution in [1.82, 2.24) is 14.8 Å². The number of pyridine rings is 1. The molecule has 274 valence electrons. The zero-order valence-corrected chi connectivity index (χ0v) is 31.4. The van der Waals surface area contributed by atoms with Gasteiger partial charge in [-0.05, 0) is 80.1 Å². The average Bonchev–Trinajstić information content (AvgIpc) is 3.10. The van der Waals surface area contributed by atoms with Crippen molar-refractivity contribution in [3.05, 3.63) is 30.1 Å². The number of cyclic esters (lactones) is 1. The van der Waals surface area contributed by atoms with Crippen molar-refractivity contribution in [2.45, 2.75) is 117 Å². The number of likely N-dealkylation sites (N-methyl/N-ethyl adjacent to an activating group) is 1. The van der Waals surface area contributed by atoms with Gasteiger partial charge in [0.2, 0.25) is 11.7 Å². The minimum atomic E-state index is -0.526. The van der Waals surface area contributed by atoms with Gasteiger partial charge in [-0.1, -0.05) is 40.2 Å². The normalized spacial score (nSPS) is 28.9. The summed E-state index contributed by atoms with van der Waals surface area (Å²) in [5.41, 5.74) is 1.03. The molecule has 0 aliphatic carbocycles. The molecule has 0 radical (unpaired) electrons. The number of thioether (sulfide) groups is 1. The number of rotatable bonds is 6. The Hall–Kier alpha value is -2.79. The first-order valence-corrected chi connectivity index (χ1v) is 19.4. The lowest BCUT2D eigenvalue weighted by molar-refractivity contribution is -0.160. The molecule has 2 aliphatic heterocycles. The van der Waals surface area contributed by atoms with Gasteiger partial charge in [0.25, 0.3) is 5.91 Å². The number of amides is 2. The third-order valence-corrected chi connectivity index (χ3v) is 11.4. The number of aryl methyl sites for hydroxylation is 1. The summed E-state index contributed by atoms with van der Waals surface area (Å²) in [6.07, 6.45) is 8.94. The highest BCUT2D eigenvalue weighted by Crippen LogP contribution is 2.27. The number of hydrogen-bond donors (Lipinski definition) is 0. The lowest BCUT2D eigenvalue weighted by atomic mass is 9.87. The van der Waals surface area contributed by atoms with E-state index in [1.807, 2.05) is 39.8 Å². The van der Waals surface area contributed by atoms with Crippen molar-refractivity contribution in [3.8, 4) is 0 Å². The summed E-state index contributed by atoms with van der Waals surface area (Å²) in [5, 5.41) is 0. The molecule has 1 aromatic heterocycles. The maximum absolute atomic E-state index is 13.9. The van der Waals surface area contributed by atoms with Crippen LogP contribution in [0.2, 0.25) is 0 Å². The van der Waals surface area contributed by atoms with E-state index in [-0.39, 0.29) is 60.9 Å². The lowest BCUT2D eigenvalue weighted by Crippen LogP contribution is -2.47. The Bertz CT molecular complexity index is 1230. The number of carbonyl (C=O) groups is 5. The number of fused-ring (bicyclic) bond motifs is 2. The standard InChI is InChI=1S/C38H59N3O7S/c1-7-27(3)36-32(42)14-12-28(4)34(15-13-29-10-8-18-39-24-29)48-38(46)30-11-9-19-41(25-30)37(45)33(43)17-21-49-20-16-31(47-6)22-26(2)23-35(44)40(36)5/h8,10,18,24,26-28,30-31,34,36H,7,9,11-17,19-23,25H2,1-6H3/t26-,27?,28-,30-,31-,34-,36?/m1/s1. The minimum Gasteiger partial charge on any atom is -0.462 e. The summed E-state index contributed by atoms with van der Waals surface area (Å²) in [4.78, 5) is 74.3. The number of hydrogen-bond acceptors (Lipinski definition) is 9. The molecule has 1 aromatic rings. The molecule has 2 fully saturated rings. The zero-order chi connectivity index (χ0) is 35.9. The van der Waals surface area contributed by atoms with Crippen molar-refractivity contribution in [2.24, 2.45) is 23.7 Å². The Morgan fingerprint density at radius 2 is 1.86 bits per heavy atom. The van der Waals surface area contributed by atoms with Crippen LogP contribution in [0.4, 0.5) is 0 Å². The number of methoxy groups -OCH3 is 1. The third-order valence-electron chi connectivity index (χ3n) is 10.4. The quantitative estimate of drug-likeness (QED) is 0.278. The summed E-state index contributed by atoms with van der Waals surface area (Å²) in [6, 6.07) is 3.34. The number of nitrogens with zero attached hydrogens (tertiary/aromatic N) is 3. The van der Waals surface area contributed by atoms with E-state index in [0.717, 1.165) is 24.2 Å². The second-order valence-corrected chi connectivity index (χ2v) is 15.5. The minimum absolute atomic E-state index is 0.00239. The van der Waals surface area contributed by atoms with E-state index in [1.165, 1.54) is 4.90 Å². The average molecular weight is 702 g/mol. The van der Waals surface area contributed by atoms with Gasteiger partial charge in [0.1, 0.15) is 6.10 Å². The van der Waals surface area contributed by atoms with Crippen molar-refractivity contribution in [1.29, 1.82) is 0 Å². The van der Waals surface area contributed by atoms with Crippen molar-refractivity contribution in [3.63, 3.8) is 0 Å². The molecule has 0 spiro atoms. The number of esters is 1. The highest BCUT2D eigenvalue weighted by atomic mass is 32.2. The van der Waals surface area contributed by atoms with E-state index >= 15 is 0 Å².